The van der Waals surface area contributed by atoms with E-state index >= 15 is 0 Å². The number of nitrogens with one attached hydrogen (secondary N) is 2. The number of hydrogen-bond acceptors (Lipinski definition) is 6. The minimum Gasteiger partial charge on any atom is -0.496 e. The predicted octanol–water partition coefficient (Wildman–Crippen LogP) is 2.17. The fraction of sp³-hybridized carbons (Fsp3) is 0.448. The van der Waals surface area contributed by atoms with Gasteiger partial charge in [0.15, 0.2) is 0 Å². The molecule has 0 radical (unpaired) electrons. The molecule has 1 aliphatic carbocycles. The van der Waals surface area contributed by atoms with Gasteiger partial charge in [0.25, 0.3) is 0 Å². The van der Waals surface area contributed by atoms with E-state index in [1.165, 1.54) is 0 Å². The summed E-state index contributed by atoms with van der Waals surface area (Å²) in [4.78, 5) is 25.3. The number of amides is 1. The van der Waals surface area contributed by atoms with Crippen LogP contribution in [0.3, 0.4) is 0 Å². The average molecular weight is 611 g/mol. The number of halogens is 1. The first-order valence-electron chi connectivity index (χ1n) is 12.8. The zero-order chi connectivity index (χ0) is 26.6. The van der Waals surface area contributed by atoms with Crippen molar-refractivity contribution in [2.45, 2.75) is 32.6 Å². The van der Waals surface area contributed by atoms with Crippen molar-refractivity contribution in [3.8, 4) is 5.75 Å². The number of carbonyl (C=O) groups excluding carboxylic acids is 2. The number of nitrogens with zero attached hydrogens (tertiary/aromatic N) is 1. The number of benzene rings is 2. The van der Waals surface area contributed by atoms with Crippen LogP contribution in [0.2, 0.25) is 0 Å². The van der Waals surface area contributed by atoms with Crippen molar-refractivity contribution in [3.05, 3.63) is 64.8 Å². The van der Waals surface area contributed by atoms with Crippen LogP contribution in [-0.4, -0.2) is 63.6 Å². The summed E-state index contributed by atoms with van der Waals surface area (Å²) in [6.07, 6.45) is 8.21. The van der Waals surface area contributed by atoms with Crippen LogP contribution < -0.4 is 66.8 Å². The molecule has 0 bridgehead atoms. The molecular formula is C29H37BrKN3O4-2. The molecule has 202 valence electrons. The summed E-state index contributed by atoms with van der Waals surface area (Å²) >= 11 is 3.40. The van der Waals surface area contributed by atoms with Gasteiger partial charge in [-0.2, -0.15) is 18.9 Å². The van der Waals surface area contributed by atoms with Gasteiger partial charge in [-0.3, -0.25) is 27.7 Å². The Labute approximate surface area is 278 Å². The molecule has 2 N–H and O–H groups in total. The van der Waals surface area contributed by atoms with E-state index in [4.69, 9.17) is 9.47 Å². The number of hydrogen-bond donors (Lipinski definition) is 2. The largest absolute Gasteiger partial charge is 1.00 e. The summed E-state index contributed by atoms with van der Waals surface area (Å²) in [5.74, 6) is 1.10. The normalized spacial score (nSPS) is 15.9. The summed E-state index contributed by atoms with van der Waals surface area (Å²) in [5, 5.41) is 6.30. The van der Waals surface area contributed by atoms with Crippen molar-refractivity contribution in [2.75, 3.05) is 57.1 Å². The maximum absolute atomic E-state index is 12.1. The molecule has 38 heavy (non-hydrogen) atoms. The van der Waals surface area contributed by atoms with Crippen LogP contribution >= 0.6 is 15.9 Å². The van der Waals surface area contributed by atoms with Gasteiger partial charge in [0.1, 0.15) is 5.75 Å². The van der Waals surface area contributed by atoms with Gasteiger partial charge in [0.05, 0.1) is 20.3 Å². The summed E-state index contributed by atoms with van der Waals surface area (Å²) in [7, 11) is 1.64. The predicted molar refractivity (Wildman–Crippen MR) is 152 cm³/mol. The molecule has 2 fully saturated rings. The molecule has 1 saturated carbocycles. The number of methoxy groups -OCH3 is 1. The third kappa shape index (κ3) is 10.6. The van der Waals surface area contributed by atoms with Crippen LogP contribution in [0.4, 0.5) is 11.4 Å². The molecule has 0 unspecified atom stereocenters. The molecule has 7 nitrogen and oxygen atoms in total. The third-order valence-electron chi connectivity index (χ3n) is 6.65. The Kier molecular flexibility index (Phi) is 15.5. The Bertz CT molecular complexity index is 1040. The SMILES string of the molecule is COc1cc(NC(=O)C2CC[CH-]CC2)ccc1C.[CH2-]c1c(Br)cc(NCCN2CCOCC2)cc1[C-]=O.[K+]. The number of anilines is 2. The first-order chi connectivity index (χ1) is 17.9. The van der Waals surface area contributed by atoms with Gasteiger partial charge in [0.2, 0.25) is 5.91 Å². The van der Waals surface area contributed by atoms with Crippen LogP contribution in [-0.2, 0) is 14.3 Å². The zero-order valence-corrected chi connectivity index (χ0v) is 27.5. The molecule has 1 saturated heterocycles. The Balaban J connectivity index is 0.000000260. The van der Waals surface area contributed by atoms with Gasteiger partial charge in [-0.25, -0.2) is 0 Å². The van der Waals surface area contributed by atoms with Crippen LogP contribution in [0.25, 0.3) is 0 Å². The smallest absolute Gasteiger partial charge is 0.496 e. The minimum absolute atomic E-state index is 0. The number of rotatable bonds is 8. The van der Waals surface area contributed by atoms with Crippen LogP contribution in [0.5, 0.6) is 5.75 Å². The zero-order valence-electron chi connectivity index (χ0n) is 22.8. The molecule has 2 aromatic rings. The summed E-state index contributed by atoms with van der Waals surface area (Å²) < 4.78 is 11.4. The van der Waals surface area contributed by atoms with Crippen molar-refractivity contribution < 1.29 is 70.4 Å². The molecule has 0 aromatic heterocycles. The minimum atomic E-state index is 0. The van der Waals surface area contributed by atoms with E-state index in [2.05, 4.69) is 44.8 Å². The van der Waals surface area contributed by atoms with E-state index < -0.39 is 0 Å². The van der Waals surface area contributed by atoms with E-state index in [9.17, 15) is 9.59 Å². The second-order valence-corrected chi connectivity index (χ2v) is 10.1. The van der Waals surface area contributed by atoms with Gasteiger partial charge >= 0.3 is 51.4 Å². The van der Waals surface area contributed by atoms with Crippen molar-refractivity contribution in [1.29, 1.82) is 0 Å². The van der Waals surface area contributed by atoms with Gasteiger partial charge in [-0.15, -0.1) is 26.5 Å². The first kappa shape index (κ1) is 33.3. The maximum Gasteiger partial charge on any atom is 1.00 e. The van der Waals surface area contributed by atoms with E-state index in [1.54, 1.807) is 13.2 Å². The molecule has 4 rings (SSSR count). The summed E-state index contributed by atoms with van der Waals surface area (Å²) in [6, 6.07) is 9.47. The monoisotopic (exact) mass is 609 g/mol. The van der Waals surface area contributed by atoms with E-state index in [0.29, 0.717) is 11.1 Å². The van der Waals surface area contributed by atoms with Crippen LogP contribution in [0.1, 0.15) is 42.4 Å². The summed E-state index contributed by atoms with van der Waals surface area (Å²) in [6.45, 7) is 11.2. The number of aryl methyl sites for hydroxylation is 1. The molecule has 9 heteroatoms. The first-order valence-corrected chi connectivity index (χ1v) is 13.6. The Hall–Kier alpha value is -0.914. The number of carbonyl (C=O) groups is 1. The van der Waals surface area contributed by atoms with Crippen molar-refractivity contribution in [1.82, 2.24) is 4.90 Å². The Morgan fingerprint density at radius 3 is 2.58 bits per heavy atom. The molecule has 0 atom stereocenters. The van der Waals surface area contributed by atoms with Crippen LogP contribution in [0, 0.1) is 26.2 Å². The quantitative estimate of drug-likeness (QED) is 0.353. The second kappa shape index (κ2) is 17.7. The Morgan fingerprint density at radius 1 is 1.21 bits per heavy atom. The molecule has 1 aliphatic heterocycles. The number of ether oxygens (including phenoxy) is 2. The molecular weight excluding hydrogens is 573 g/mol. The van der Waals surface area contributed by atoms with Crippen molar-refractivity contribution >= 4 is 39.5 Å². The number of morpholine rings is 1. The molecule has 1 amide bonds. The van der Waals surface area contributed by atoms with Gasteiger partial charge in [-0.05, 0) is 30.5 Å². The van der Waals surface area contributed by atoms with Crippen LogP contribution in [0.15, 0.2) is 34.8 Å². The molecule has 2 aliphatic rings. The maximum atomic E-state index is 12.1. The average Bonchev–Trinajstić information content (AvgIpc) is 2.93. The van der Waals surface area contributed by atoms with E-state index in [0.717, 1.165) is 92.2 Å². The second-order valence-electron chi connectivity index (χ2n) is 9.28. The van der Waals surface area contributed by atoms with E-state index in [-0.39, 0.29) is 63.2 Å². The third-order valence-corrected chi connectivity index (χ3v) is 7.36. The van der Waals surface area contributed by atoms with Gasteiger partial charge in [-0.1, -0.05) is 18.9 Å². The fourth-order valence-corrected chi connectivity index (χ4v) is 4.80. The fourth-order valence-electron chi connectivity index (χ4n) is 4.34. The Morgan fingerprint density at radius 2 is 1.92 bits per heavy atom. The van der Waals surface area contributed by atoms with E-state index in [1.807, 2.05) is 37.5 Å². The summed E-state index contributed by atoms with van der Waals surface area (Å²) in [5.41, 5.74) is 3.96. The molecule has 0 spiro atoms. The van der Waals surface area contributed by atoms with Crippen molar-refractivity contribution in [3.63, 3.8) is 0 Å². The van der Waals surface area contributed by atoms with Crippen molar-refractivity contribution in [2.24, 2.45) is 5.92 Å². The standard InChI is InChI=1S/C15H20NO2.C14H17BrN2O2.K/c1-11-8-9-13(10-14(11)18-2)16-15(17)12-6-4-3-5-7-12;1-11-12(10-18)8-13(9-14(11)15)16-2-3-17-4-6-19-7-5-17;/h3,8-10,12H,4-7H2,1-2H3,(H,16,17);8-9,16H,1-7H2;/q-1;-2;+1. The van der Waals surface area contributed by atoms with Gasteiger partial charge in [0, 0.05) is 43.9 Å². The molecule has 1 heterocycles. The van der Waals surface area contributed by atoms with Gasteiger partial charge < -0.3 is 31.3 Å². The topological polar surface area (TPSA) is 79.9 Å². The molecule has 2 aromatic carbocycles.